The lowest BCUT2D eigenvalue weighted by atomic mass is 9.98. The molecule has 1 heterocycles. The molecule has 2 N–H and O–H groups in total. The van der Waals surface area contributed by atoms with E-state index in [1.54, 1.807) is 0 Å². The van der Waals surface area contributed by atoms with E-state index >= 15 is 0 Å². The zero-order valence-corrected chi connectivity index (χ0v) is 12.9. The van der Waals surface area contributed by atoms with Gasteiger partial charge in [-0.1, -0.05) is 18.2 Å². The van der Waals surface area contributed by atoms with Gasteiger partial charge in [-0.15, -0.1) is 0 Å². The summed E-state index contributed by atoms with van der Waals surface area (Å²) in [5, 5.41) is 4.65. The van der Waals surface area contributed by atoms with Crippen LogP contribution in [0.15, 0.2) is 30.3 Å². The number of likely N-dealkylation sites (tertiary alicyclic amines) is 1. The van der Waals surface area contributed by atoms with Crippen molar-refractivity contribution >= 4 is 11.9 Å². The number of amides is 3. The van der Waals surface area contributed by atoms with Crippen molar-refractivity contribution in [2.75, 3.05) is 33.3 Å². The third-order valence-electron chi connectivity index (χ3n) is 3.78. The highest BCUT2D eigenvalue weighted by molar-refractivity contribution is 5.95. The van der Waals surface area contributed by atoms with Crippen molar-refractivity contribution in [3.05, 3.63) is 30.3 Å². The molecule has 1 aliphatic heterocycles. The van der Waals surface area contributed by atoms with E-state index in [4.69, 9.17) is 4.74 Å². The van der Waals surface area contributed by atoms with Gasteiger partial charge in [-0.05, 0) is 44.0 Å². The quantitative estimate of drug-likeness (QED) is 0.858. The SMILES string of the molecule is CNC(=O)NC(=O)CN1CCC(COc2ccccc2)CC1. The molecule has 0 aliphatic carbocycles. The topological polar surface area (TPSA) is 70.7 Å². The van der Waals surface area contributed by atoms with Crippen LogP contribution >= 0.6 is 0 Å². The maximum absolute atomic E-state index is 11.6. The van der Waals surface area contributed by atoms with E-state index in [9.17, 15) is 9.59 Å². The van der Waals surface area contributed by atoms with Gasteiger partial charge in [-0.25, -0.2) is 4.79 Å². The molecule has 120 valence electrons. The van der Waals surface area contributed by atoms with Crippen molar-refractivity contribution in [2.24, 2.45) is 5.92 Å². The molecule has 2 rings (SSSR count). The average Bonchev–Trinajstić information content (AvgIpc) is 2.55. The van der Waals surface area contributed by atoms with Crippen LogP contribution in [0.3, 0.4) is 0 Å². The number of ether oxygens (including phenoxy) is 1. The molecule has 6 heteroatoms. The van der Waals surface area contributed by atoms with E-state index in [1.165, 1.54) is 7.05 Å². The predicted octanol–water partition coefficient (Wildman–Crippen LogP) is 1.23. The number of carbonyl (C=O) groups is 2. The van der Waals surface area contributed by atoms with Crippen LogP contribution in [0.1, 0.15) is 12.8 Å². The fourth-order valence-corrected chi connectivity index (χ4v) is 2.47. The number of nitrogens with zero attached hydrogens (tertiary/aromatic N) is 1. The van der Waals surface area contributed by atoms with Crippen LogP contribution in [-0.4, -0.2) is 50.1 Å². The molecule has 0 saturated carbocycles. The zero-order valence-electron chi connectivity index (χ0n) is 12.9. The van der Waals surface area contributed by atoms with Crippen molar-refractivity contribution in [2.45, 2.75) is 12.8 Å². The smallest absolute Gasteiger partial charge is 0.321 e. The van der Waals surface area contributed by atoms with E-state index < -0.39 is 6.03 Å². The van der Waals surface area contributed by atoms with E-state index in [0.29, 0.717) is 12.5 Å². The molecule has 1 aliphatic rings. The lowest BCUT2D eigenvalue weighted by Gasteiger charge is -2.31. The molecular weight excluding hydrogens is 282 g/mol. The van der Waals surface area contributed by atoms with Crippen LogP contribution in [0.4, 0.5) is 4.79 Å². The minimum absolute atomic E-state index is 0.264. The summed E-state index contributed by atoms with van der Waals surface area (Å²) >= 11 is 0. The molecule has 0 atom stereocenters. The van der Waals surface area contributed by atoms with E-state index in [1.807, 2.05) is 30.3 Å². The third kappa shape index (κ3) is 5.37. The Kier molecular flexibility index (Phi) is 6.21. The standard InChI is InChI=1S/C16H23N3O3/c1-17-16(21)18-15(20)11-19-9-7-13(8-10-19)12-22-14-5-3-2-4-6-14/h2-6,13H,7-12H2,1H3,(H2,17,18,20,21). The number of rotatable bonds is 5. The Morgan fingerprint density at radius 1 is 1.23 bits per heavy atom. The molecule has 0 aromatic heterocycles. The number of hydrogen-bond donors (Lipinski definition) is 2. The van der Waals surface area contributed by atoms with Gasteiger partial charge in [-0.2, -0.15) is 0 Å². The van der Waals surface area contributed by atoms with Gasteiger partial charge in [0.25, 0.3) is 0 Å². The zero-order chi connectivity index (χ0) is 15.8. The molecule has 0 bridgehead atoms. The summed E-state index contributed by atoms with van der Waals surface area (Å²) in [6, 6.07) is 9.34. The van der Waals surface area contributed by atoms with Gasteiger partial charge in [0.05, 0.1) is 13.2 Å². The van der Waals surface area contributed by atoms with Gasteiger partial charge in [0.15, 0.2) is 0 Å². The van der Waals surface area contributed by atoms with Crippen molar-refractivity contribution in [1.82, 2.24) is 15.5 Å². The lowest BCUT2D eigenvalue weighted by molar-refractivity contribution is -0.121. The number of imide groups is 1. The van der Waals surface area contributed by atoms with Crippen LogP contribution in [0.5, 0.6) is 5.75 Å². The van der Waals surface area contributed by atoms with Crippen molar-refractivity contribution in [1.29, 1.82) is 0 Å². The molecule has 1 aromatic rings. The summed E-state index contributed by atoms with van der Waals surface area (Å²) in [7, 11) is 1.49. The second kappa shape index (κ2) is 8.38. The van der Waals surface area contributed by atoms with Crippen LogP contribution < -0.4 is 15.4 Å². The van der Waals surface area contributed by atoms with E-state index in [-0.39, 0.29) is 12.5 Å². The maximum Gasteiger partial charge on any atom is 0.321 e. The number of piperidine rings is 1. The van der Waals surface area contributed by atoms with Gasteiger partial charge >= 0.3 is 6.03 Å². The Labute approximate surface area is 130 Å². The Morgan fingerprint density at radius 3 is 2.55 bits per heavy atom. The summed E-state index contributed by atoms with van der Waals surface area (Å²) in [4.78, 5) is 24.8. The number of hydrogen-bond acceptors (Lipinski definition) is 4. The molecular formula is C16H23N3O3. The van der Waals surface area contributed by atoms with Gasteiger partial charge in [-0.3, -0.25) is 15.0 Å². The Balaban J connectivity index is 1.65. The fourth-order valence-electron chi connectivity index (χ4n) is 2.47. The second-order valence-corrected chi connectivity index (χ2v) is 5.47. The first kappa shape index (κ1) is 16.3. The first-order chi connectivity index (χ1) is 10.7. The Hall–Kier alpha value is -2.08. The molecule has 1 saturated heterocycles. The first-order valence-electron chi connectivity index (χ1n) is 7.59. The van der Waals surface area contributed by atoms with Crippen LogP contribution in [-0.2, 0) is 4.79 Å². The Morgan fingerprint density at radius 2 is 1.91 bits per heavy atom. The maximum atomic E-state index is 11.6. The largest absolute Gasteiger partial charge is 0.493 e. The van der Waals surface area contributed by atoms with E-state index in [0.717, 1.165) is 31.7 Å². The average molecular weight is 305 g/mol. The monoisotopic (exact) mass is 305 g/mol. The summed E-state index contributed by atoms with van der Waals surface area (Å²) in [5.74, 6) is 1.15. The molecule has 0 unspecified atom stereocenters. The summed E-state index contributed by atoms with van der Waals surface area (Å²) in [5.41, 5.74) is 0. The van der Waals surface area contributed by atoms with Crippen LogP contribution in [0, 0.1) is 5.92 Å². The number of nitrogens with one attached hydrogen (secondary N) is 2. The molecule has 0 spiro atoms. The van der Waals surface area contributed by atoms with E-state index in [2.05, 4.69) is 15.5 Å². The molecule has 3 amide bonds. The highest BCUT2D eigenvalue weighted by Crippen LogP contribution is 2.19. The minimum atomic E-state index is -0.462. The normalized spacial score (nSPS) is 16.0. The number of carbonyl (C=O) groups excluding carboxylic acids is 2. The fraction of sp³-hybridized carbons (Fsp3) is 0.500. The molecule has 1 aromatic carbocycles. The van der Waals surface area contributed by atoms with Crippen LogP contribution in [0.2, 0.25) is 0 Å². The molecule has 22 heavy (non-hydrogen) atoms. The van der Waals surface area contributed by atoms with Crippen molar-refractivity contribution < 1.29 is 14.3 Å². The predicted molar refractivity (Wildman–Crippen MR) is 83.7 cm³/mol. The minimum Gasteiger partial charge on any atom is -0.493 e. The molecule has 1 fully saturated rings. The second-order valence-electron chi connectivity index (χ2n) is 5.47. The molecule has 0 radical (unpaired) electrons. The number of urea groups is 1. The van der Waals surface area contributed by atoms with Gasteiger partial charge in [0.1, 0.15) is 5.75 Å². The molecule has 6 nitrogen and oxygen atoms in total. The number of para-hydroxylation sites is 1. The van der Waals surface area contributed by atoms with Gasteiger partial charge < -0.3 is 10.1 Å². The van der Waals surface area contributed by atoms with Crippen LogP contribution in [0.25, 0.3) is 0 Å². The summed E-state index contributed by atoms with van der Waals surface area (Å²) < 4.78 is 5.78. The van der Waals surface area contributed by atoms with Gasteiger partial charge in [0, 0.05) is 7.05 Å². The first-order valence-corrected chi connectivity index (χ1v) is 7.59. The highest BCUT2D eigenvalue weighted by Gasteiger charge is 2.21. The van der Waals surface area contributed by atoms with Gasteiger partial charge in [0.2, 0.25) is 5.91 Å². The van der Waals surface area contributed by atoms with Crippen molar-refractivity contribution in [3.63, 3.8) is 0 Å². The third-order valence-corrected chi connectivity index (χ3v) is 3.78. The summed E-state index contributed by atoms with van der Waals surface area (Å²) in [6.07, 6.45) is 2.00. The lowest BCUT2D eigenvalue weighted by Crippen LogP contribution is -2.45. The number of benzene rings is 1. The summed E-state index contributed by atoms with van der Waals surface area (Å²) in [6.45, 7) is 2.68. The Bertz CT molecular complexity index is 485. The van der Waals surface area contributed by atoms with Crippen molar-refractivity contribution in [3.8, 4) is 5.75 Å². The highest BCUT2D eigenvalue weighted by atomic mass is 16.5.